The Bertz CT molecular complexity index is 1180. The molecule has 0 saturated heterocycles. The van der Waals surface area contributed by atoms with Gasteiger partial charge in [0.2, 0.25) is 5.82 Å². The summed E-state index contributed by atoms with van der Waals surface area (Å²) in [5.41, 5.74) is -2.23. The van der Waals surface area contributed by atoms with Crippen molar-refractivity contribution >= 4 is 47.2 Å². The Morgan fingerprint density at radius 2 is 1.55 bits per heavy atom. The van der Waals surface area contributed by atoms with Crippen molar-refractivity contribution in [1.29, 1.82) is 0 Å². The van der Waals surface area contributed by atoms with Crippen LogP contribution in [0, 0.1) is 5.82 Å². The summed E-state index contributed by atoms with van der Waals surface area (Å²) in [4.78, 5) is 39.2. The van der Waals surface area contributed by atoms with Gasteiger partial charge in [0.25, 0.3) is 0 Å². The molecule has 1 unspecified atom stereocenters. The first-order valence-electron chi connectivity index (χ1n) is 11.6. The van der Waals surface area contributed by atoms with Crippen LogP contribution in [0.1, 0.15) is 77.5 Å². The first-order chi connectivity index (χ1) is 17.4. The summed E-state index contributed by atoms with van der Waals surface area (Å²) in [7, 11) is 0. The number of carbonyl (C=O) groups excluding carboxylic acids is 3. The minimum absolute atomic E-state index is 0.0469. The van der Waals surface area contributed by atoms with Gasteiger partial charge in [-0.25, -0.2) is 18.8 Å². The molecule has 2 aromatic rings. The summed E-state index contributed by atoms with van der Waals surface area (Å²) < 4.78 is 35.9. The van der Waals surface area contributed by atoms with Gasteiger partial charge in [0, 0.05) is 16.7 Å². The largest absolute Gasteiger partial charge is 0.482 e. The molecule has 0 N–H and O–H groups in total. The summed E-state index contributed by atoms with van der Waals surface area (Å²) in [6.45, 7) is 12.7. The number of rotatable bonds is 6. The molecule has 0 radical (unpaired) electrons. The van der Waals surface area contributed by atoms with E-state index in [4.69, 9.17) is 42.1 Å². The van der Waals surface area contributed by atoms with Gasteiger partial charge >= 0.3 is 18.2 Å². The lowest BCUT2D eigenvalue weighted by Gasteiger charge is -2.29. The van der Waals surface area contributed by atoms with Crippen LogP contribution in [-0.4, -0.2) is 46.2 Å². The zero-order chi connectivity index (χ0) is 29.0. The minimum Gasteiger partial charge on any atom is -0.482 e. The van der Waals surface area contributed by atoms with Gasteiger partial charge in [-0.1, -0.05) is 23.2 Å². The fourth-order valence-electron chi connectivity index (χ4n) is 2.94. The number of esters is 1. The Kier molecular flexibility index (Phi) is 9.90. The molecule has 13 heteroatoms. The number of nitrogens with zero attached hydrogens (tertiary/aromatic N) is 3. The van der Waals surface area contributed by atoms with Crippen molar-refractivity contribution in [3.8, 4) is 5.75 Å². The van der Waals surface area contributed by atoms with E-state index < -0.39 is 47.1 Å². The lowest BCUT2D eigenvalue weighted by molar-refractivity contribution is 0.0425. The Balaban J connectivity index is 2.71. The van der Waals surface area contributed by atoms with E-state index in [2.05, 4.69) is 10.2 Å². The van der Waals surface area contributed by atoms with Gasteiger partial charge < -0.3 is 18.9 Å². The van der Waals surface area contributed by atoms with Crippen molar-refractivity contribution in [3.05, 3.63) is 45.3 Å². The monoisotopic (exact) mass is 573 g/mol. The number of amides is 2. The maximum atomic E-state index is 14.2. The minimum atomic E-state index is -1.15. The smallest absolute Gasteiger partial charge is 0.425 e. The molecular formula is C25H30Cl2FN3O7. The van der Waals surface area contributed by atoms with E-state index in [1.165, 1.54) is 13.0 Å². The number of carbonyl (C=O) groups is 3. The van der Waals surface area contributed by atoms with Crippen molar-refractivity contribution < 1.29 is 37.7 Å². The molecule has 0 fully saturated rings. The molecule has 1 aromatic heterocycles. The van der Waals surface area contributed by atoms with Crippen LogP contribution in [-0.2, 0) is 14.2 Å². The van der Waals surface area contributed by atoms with Gasteiger partial charge in [-0.15, -0.1) is 10.2 Å². The molecule has 0 aliphatic carbocycles. The average Bonchev–Trinajstić information content (AvgIpc) is 2.75. The number of imide groups is 1. The molecule has 1 aromatic carbocycles. The predicted molar refractivity (Wildman–Crippen MR) is 138 cm³/mol. The molecule has 1 atom stereocenters. The Hall–Kier alpha value is -3.18. The number of aromatic nitrogens is 2. The molecule has 208 valence electrons. The van der Waals surface area contributed by atoms with Gasteiger partial charge in [0.15, 0.2) is 11.4 Å². The maximum absolute atomic E-state index is 14.2. The van der Waals surface area contributed by atoms with Crippen LogP contribution < -0.4 is 9.64 Å². The van der Waals surface area contributed by atoms with Gasteiger partial charge in [0.1, 0.15) is 23.1 Å². The van der Waals surface area contributed by atoms with E-state index in [9.17, 15) is 18.8 Å². The Morgan fingerprint density at radius 3 is 2.05 bits per heavy atom. The summed E-state index contributed by atoms with van der Waals surface area (Å²) in [5.74, 6) is -2.33. The third-order valence-corrected chi connectivity index (χ3v) is 5.09. The number of halogens is 3. The highest BCUT2D eigenvalue weighted by Crippen LogP contribution is 2.38. The van der Waals surface area contributed by atoms with Crippen molar-refractivity contribution in [2.24, 2.45) is 0 Å². The van der Waals surface area contributed by atoms with E-state index in [0.717, 1.165) is 12.1 Å². The number of anilines is 1. The van der Waals surface area contributed by atoms with Crippen molar-refractivity contribution in [3.63, 3.8) is 0 Å². The number of hydrogen-bond donors (Lipinski definition) is 0. The van der Waals surface area contributed by atoms with Crippen LogP contribution in [0.3, 0.4) is 0 Å². The summed E-state index contributed by atoms with van der Waals surface area (Å²) >= 11 is 12.4. The van der Waals surface area contributed by atoms with Crippen LogP contribution in [0.2, 0.25) is 10.0 Å². The second-order valence-electron chi connectivity index (χ2n) is 9.95. The molecule has 0 aliphatic heterocycles. The first-order valence-corrected chi connectivity index (χ1v) is 12.3. The third-order valence-electron chi connectivity index (χ3n) is 4.38. The first kappa shape index (κ1) is 31.0. The standard InChI is InChI=1S/C25H30Cl2FN3O7/c1-9-35-21(32)16-12-17(36-13(2)18-14(26)10-11-15(28)19(18)27)20(30-29-16)31(22(33)37-24(3,4)5)23(34)38-25(6,7)8/h10-13H,9H2,1-8H3. The molecule has 1 heterocycles. The lowest BCUT2D eigenvalue weighted by atomic mass is 10.1. The highest BCUT2D eigenvalue weighted by atomic mass is 35.5. The molecule has 2 amide bonds. The fraction of sp³-hybridized carbons (Fsp3) is 0.480. The molecule has 0 aliphatic rings. The summed E-state index contributed by atoms with van der Waals surface area (Å²) in [6, 6.07) is 3.49. The average molecular weight is 574 g/mol. The van der Waals surface area contributed by atoms with E-state index in [1.54, 1.807) is 48.5 Å². The lowest BCUT2D eigenvalue weighted by Crippen LogP contribution is -2.44. The van der Waals surface area contributed by atoms with Crippen LogP contribution >= 0.6 is 23.2 Å². The van der Waals surface area contributed by atoms with Crippen molar-refractivity contribution in [1.82, 2.24) is 10.2 Å². The van der Waals surface area contributed by atoms with Gasteiger partial charge in [-0.3, -0.25) is 0 Å². The van der Waals surface area contributed by atoms with Crippen molar-refractivity contribution in [2.75, 3.05) is 11.5 Å². The normalized spacial score (nSPS) is 12.4. The second kappa shape index (κ2) is 12.1. The maximum Gasteiger partial charge on any atom is 0.425 e. The zero-order valence-electron chi connectivity index (χ0n) is 22.3. The quantitative estimate of drug-likeness (QED) is 0.206. The number of benzene rings is 1. The van der Waals surface area contributed by atoms with Crippen LogP contribution in [0.5, 0.6) is 5.75 Å². The van der Waals surface area contributed by atoms with Gasteiger partial charge in [-0.2, -0.15) is 4.90 Å². The van der Waals surface area contributed by atoms with E-state index in [0.29, 0.717) is 4.90 Å². The Labute approximate surface area is 230 Å². The SMILES string of the molecule is CCOC(=O)c1cc(OC(C)c2c(Cl)ccc(F)c2Cl)c(N(C(=O)OC(C)(C)C)C(=O)OC(C)(C)C)nn1. The molecule has 0 spiro atoms. The highest BCUT2D eigenvalue weighted by Gasteiger charge is 2.37. The van der Waals surface area contributed by atoms with Crippen LogP contribution in [0.15, 0.2) is 18.2 Å². The van der Waals surface area contributed by atoms with Crippen LogP contribution in [0.25, 0.3) is 0 Å². The fourth-order valence-corrected chi connectivity index (χ4v) is 3.62. The van der Waals surface area contributed by atoms with Gasteiger partial charge in [-0.05, 0) is 67.5 Å². The molecule has 0 saturated carbocycles. The third kappa shape index (κ3) is 8.16. The Morgan fingerprint density at radius 1 is 1.00 bits per heavy atom. The van der Waals surface area contributed by atoms with E-state index >= 15 is 0 Å². The zero-order valence-corrected chi connectivity index (χ0v) is 23.9. The molecule has 0 bridgehead atoms. The van der Waals surface area contributed by atoms with E-state index in [-0.39, 0.29) is 33.7 Å². The second-order valence-corrected chi connectivity index (χ2v) is 10.7. The van der Waals surface area contributed by atoms with Crippen LogP contribution in [0.4, 0.5) is 19.8 Å². The summed E-state index contributed by atoms with van der Waals surface area (Å²) in [5, 5.41) is 7.49. The van der Waals surface area contributed by atoms with Crippen molar-refractivity contribution in [2.45, 2.75) is 72.7 Å². The summed E-state index contributed by atoms with van der Waals surface area (Å²) in [6.07, 6.45) is -3.35. The van der Waals surface area contributed by atoms with E-state index in [1.807, 2.05) is 0 Å². The molecular weight excluding hydrogens is 544 g/mol. The molecule has 38 heavy (non-hydrogen) atoms. The molecule has 10 nitrogen and oxygen atoms in total. The van der Waals surface area contributed by atoms with Gasteiger partial charge in [0.05, 0.1) is 11.6 Å². The highest BCUT2D eigenvalue weighted by molar-refractivity contribution is 6.36. The number of hydrogen-bond acceptors (Lipinski definition) is 9. The molecule has 2 rings (SSSR count). The topological polar surface area (TPSA) is 117 Å². The predicted octanol–water partition coefficient (Wildman–Crippen LogP) is 6.92. The number of ether oxygens (including phenoxy) is 4.